The fraction of sp³-hybridized carbons (Fsp3) is 0.130. The number of ether oxygens (including phenoxy) is 2. The summed E-state index contributed by atoms with van der Waals surface area (Å²) in [5.74, 6) is 0.532. The highest BCUT2D eigenvalue weighted by molar-refractivity contribution is 5.92. The molecule has 5 heteroatoms. The Morgan fingerprint density at radius 3 is 2.46 bits per heavy atom. The molecule has 0 atom stereocenters. The van der Waals surface area contributed by atoms with Crippen molar-refractivity contribution in [3.8, 4) is 11.5 Å². The molecule has 0 unspecified atom stereocenters. The number of para-hydroxylation sites is 1. The normalized spacial score (nSPS) is 10.2. The van der Waals surface area contributed by atoms with Gasteiger partial charge in [-0.3, -0.25) is 9.59 Å². The van der Waals surface area contributed by atoms with Crippen LogP contribution in [-0.4, -0.2) is 25.9 Å². The summed E-state index contributed by atoms with van der Waals surface area (Å²) in [5, 5.41) is 2.90. The Hall–Kier alpha value is -3.60. The maximum atomic E-state index is 12.4. The first-order valence-electron chi connectivity index (χ1n) is 8.87. The molecule has 0 aromatic heterocycles. The molecule has 0 saturated heterocycles. The molecule has 0 aliphatic heterocycles. The Morgan fingerprint density at radius 1 is 0.964 bits per heavy atom. The summed E-state index contributed by atoms with van der Waals surface area (Å²) in [7, 11) is 1.48. The van der Waals surface area contributed by atoms with Gasteiger partial charge >= 0.3 is 0 Å². The maximum absolute atomic E-state index is 12.4. The molecule has 142 valence electrons. The highest BCUT2D eigenvalue weighted by atomic mass is 16.5. The Kier molecular flexibility index (Phi) is 6.41. The van der Waals surface area contributed by atoms with Crippen LogP contribution in [0.15, 0.2) is 72.8 Å². The van der Waals surface area contributed by atoms with Crippen molar-refractivity contribution >= 4 is 17.9 Å². The number of hydrogen-bond acceptors (Lipinski definition) is 4. The molecule has 0 spiro atoms. The molecule has 28 heavy (non-hydrogen) atoms. The van der Waals surface area contributed by atoms with E-state index in [4.69, 9.17) is 9.47 Å². The summed E-state index contributed by atoms with van der Waals surface area (Å²) in [6.45, 7) is -0.170. The van der Waals surface area contributed by atoms with E-state index in [1.54, 1.807) is 18.2 Å². The third kappa shape index (κ3) is 4.98. The lowest BCUT2D eigenvalue weighted by molar-refractivity contribution is -0.118. The van der Waals surface area contributed by atoms with Gasteiger partial charge in [-0.2, -0.15) is 0 Å². The zero-order chi connectivity index (χ0) is 19.8. The van der Waals surface area contributed by atoms with Crippen molar-refractivity contribution in [3.63, 3.8) is 0 Å². The topological polar surface area (TPSA) is 64.6 Å². The van der Waals surface area contributed by atoms with Crippen molar-refractivity contribution in [3.05, 3.63) is 89.5 Å². The third-order valence-corrected chi connectivity index (χ3v) is 4.21. The van der Waals surface area contributed by atoms with Crippen LogP contribution in [0.5, 0.6) is 11.5 Å². The molecule has 3 aromatic rings. The van der Waals surface area contributed by atoms with Crippen LogP contribution in [0.4, 0.5) is 5.69 Å². The first-order chi connectivity index (χ1) is 13.7. The van der Waals surface area contributed by atoms with E-state index in [0.717, 1.165) is 24.0 Å². The van der Waals surface area contributed by atoms with Crippen molar-refractivity contribution in [2.24, 2.45) is 0 Å². The number of carbonyl (C=O) groups is 2. The molecular weight excluding hydrogens is 354 g/mol. The largest absolute Gasteiger partial charge is 0.493 e. The predicted molar refractivity (Wildman–Crippen MR) is 108 cm³/mol. The average Bonchev–Trinajstić information content (AvgIpc) is 2.74. The van der Waals surface area contributed by atoms with E-state index in [1.807, 2.05) is 42.5 Å². The maximum Gasteiger partial charge on any atom is 0.262 e. The number of rotatable bonds is 8. The standard InChI is InChI=1S/C23H21NO4/c1-27-22-14-18(15-25)11-12-21(22)28-16-23(26)24-20-10-6-5-9-19(20)13-17-7-3-2-4-8-17/h2-12,14-15H,13,16H2,1H3,(H,24,26). The van der Waals surface area contributed by atoms with Crippen molar-refractivity contribution in [1.29, 1.82) is 0 Å². The van der Waals surface area contributed by atoms with Gasteiger partial charge in [-0.1, -0.05) is 48.5 Å². The Labute approximate surface area is 163 Å². The number of benzene rings is 3. The van der Waals surface area contributed by atoms with Gasteiger partial charge in [0.25, 0.3) is 5.91 Å². The molecule has 0 radical (unpaired) electrons. The van der Waals surface area contributed by atoms with E-state index in [9.17, 15) is 9.59 Å². The summed E-state index contributed by atoms with van der Waals surface area (Å²) in [6.07, 6.45) is 1.45. The summed E-state index contributed by atoms with van der Waals surface area (Å²) >= 11 is 0. The van der Waals surface area contributed by atoms with Crippen LogP contribution < -0.4 is 14.8 Å². The smallest absolute Gasteiger partial charge is 0.262 e. The first-order valence-corrected chi connectivity index (χ1v) is 8.87. The molecule has 0 aliphatic rings. The Morgan fingerprint density at radius 2 is 1.71 bits per heavy atom. The molecule has 0 bridgehead atoms. The molecule has 5 nitrogen and oxygen atoms in total. The monoisotopic (exact) mass is 375 g/mol. The van der Waals surface area contributed by atoms with Gasteiger partial charge in [0.05, 0.1) is 7.11 Å². The SMILES string of the molecule is COc1cc(C=O)ccc1OCC(=O)Nc1ccccc1Cc1ccccc1. The lowest BCUT2D eigenvalue weighted by Crippen LogP contribution is -2.21. The molecule has 0 fully saturated rings. The summed E-state index contributed by atoms with van der Waals surface area (Å²) < 4.78 is 10.8. The predicted octanol–water partition coefficient (Wildman–Crippen LogP) is 4.12. The highest BCUT2D eigenvalue weighted by Gasteiger charge is 2.11. The fourth-order valence-electron chi connectivity index (χ4n) is 2.82. The zero-order valence-electron chi connectivity index (χ0n) is 15.6. The zero-order valence-corrected chi connectivity index (χ0v) is 15.6. The number of carbonyl (C=O) groups excluding carboxylic acids is 2. The average molecular weight is 375 g/mol. The molecule has 3 rings (SSSR count). The minimum Gasteiger partial charge on any atom is -0.493 e. The second-order valence-corrected chi connectivity index (χ2v) is 6.18. The minimum absolute atomic E-state index is 0.170. The lowest BCUT2D eigenvalue weighted by atomic mass is 10.0. The van der Waals surface area contributed by atoms with Crippen LogP contribution in [-0.2, 0) is 11.2 Å². The summed E-state index contributed by atoms with van der Waals surface area (Å²) in [5.41, 5.74) is 3.42. The van der Waals surface area contributed by atoms with Gasteiger partial charge in [-0.05, 0) is 41.8 Å². The van der Waals surface area contributed by atoms with E-state index in [2.05, 4.69) is 17.4 Å². The molecular formula is C23H21NO4. The van der Waals surface area contributed by atoms with Crippen molar-refractivity contribution in [2.75, 3.05) is 19.0 Å². The summed E-state index contributed by atoms with van der Waals surface area (Å²) in [6, 6.07) is 22.5. The molecule has 0 heterocycles. The van der Waals surface area contributed by atoms with E-state index in [1.165, 1.54) is 12.7 Å². The van der Waals surface area contributed by atoms with E-state index in [0.29, 0.717) is 17.1 Å². The number of anilines is 1. The van der Waals surface area contributed by atoms with Crippen molar-refractivity contribution < 1.29 is 19.1 Å². The van der Waals surface area contributed by atoms with E-state index >= 15 is 0 Å². The third-order valence-electron chi connectivity index (χ3n) is 4.21. The molecule has 1 N–H and O–H groups in total. The van der Waals surface area contributed by atoms with Gasteiger partial charge in [0.15, 0.2) is 18.1 Å². The van der Waals surface area contributed by atoms with Gasteiger partial charge in [0, 0.05) is 11.3 Å². The van der Waals surface area contributed by atoms with Crippen LogP contribution in [0.2, 0.25) is 0 Å². The lowest BCUT2D eigenvalue weighted by Gasteiger charge is -2.13. The minimum atomic E-state index is -0.276. The molecule has 3 aromatic carbocycles. The number of amides is 1. The van der Waals surface area contributed by atoms with Gasteiger partial charge in [-0.25, -0.2) is 0 Å². The highest BCUT2D eigenvalue weighted by Crippen LogP contribution is 2.27. The molecule has 0 saturated carbocycles. The quantitative estimate of drug-likeness (QED) is 0.602. The van der Waals surface area contributed by atoms with Gasteiger partial charge in [0.2, 0.25) is 0 Å². The Balaban J connectivity index is 1.65. The Bertz CT molecular complexity index is 954. The van der Waals surface area contributed by atoms with Crippen LogP contribution in [0, 0.1) is 0 Å². The van der Waals surface area contributed by atoms with E-state index in [-0.39, 0.29) is 12.5 Å². The van der Waals surface area contributed by atoms with Crippen LogP contribution in [0.25, 0.3) is 0 Å². The number of aldehydes is 1. The van der Waals surface area contributed by atoms with Gasteiger partial charge in [-0.15, -0.1) is 0 Å². The molecule has 0 aliphatic carbocycles. The number of methoxy groups -OCH3 is 1. The number of nitrogens with one attached hydrogen (secondary N) is 1. The van der Waals surface area contributed by atoms with E-state index < -0.39 is 0 Å². The summed E-state index contributed by atoms with van der Waals surface area (Å²) in [4.78, 5) is 23.2. The first kappa shape index (κ1) is 19.2. The second-order valence-electron chi connectivity index (χ2n) is 6.18. The van der Waals surface area contributed by atoms with Crippen LogP contribution in [0.1, 0.15) is 21.5 Å². The molecule has 1 amide bonds. The van der Waals surface area contributed by atoms with Crippen molar-refractivity contribution in [2.45, 2.75) is 6.42 Å². The van der Waals surface area contributed by atoms with Gasteiger partial charge in [0.1, 0.15) is 6.29 Å². The van der Waals surface area contributed by atoms with Crippen LogP contribution in [0.3, 0.4) is 0 Å². The fourth-order valence-corrected chi connectivity index (χ4v) is 2.82. The van der Waals surface area contributed by atoms with Crippen LogP contribution >= 0.6 is 0 Å². The number of hydrogen-bond donors (Lipinski definition) is 1. The van der Waals surface area contributed by atoms with Gasteiger partial charge < -0.3 is 14.8 Å². The second kappa shape index (κ2) is 9.37. The van der Waals surface area contributed by atoms with Crippen molar-refractivity contribution in [1.82, 2.24) is 0 Å².